The highest BCUT2D eigenvalue weighted by molar-refractivity contribution is 6.11. The van der Waals surface area contributed by atoms with E-state index in [4.69, 9.17) is 23.2 Å². The van der Waals surface area contributed by atoms with Gasteiger partial charge in [-0.2, -0.15) is 0 Å². The first-order valence-electron chi connectivity index (χ1n) is 17.0. The molecule has 0 atom stereocenters. The summed E-state index contributed by atoms with van der Waals surface area (Å²) < 4.78 is 19.2. The van der Waals surface area contributed by atoms with Gasteiger partial charge in [0.2, 0.25) is 0 Å². The third kappa shape index (κ3) is 4.28. The van der Waals surface area contributed by atoms with Crippen molar-refractivity contribution in [3.05, 3.63) is 158 Å². The van der Waals surface area contributed by atoms with E-state index >= 15 is 0 Å². The lowest BCUT2D eigenvalue weighted by Crippen LogP contribution is -1.88. The molecule has 4 aromatic heterocycles. The summed E-state index contributed by atoms with van der Waals surface area (Å²) in [6.07, 6.45) is 1.63. The van der Waals surface area contributed by atoms with Crippen LogP contribution >= 0.6 is 0 Å². The summed E-state index contributed by atoms with van der Waals surface area (Å²) in [5.74, 6) is 0. The molecule has 0 saturated heterocycles. The molecule has 0 aliphatic carbocycles. The molecule has 0 aliphatic heterocycles. The van der Waals surface area contributed by atoms with Gasteiger partial charge in [0, 0.05) is 43.6 Å². The fraction of sp³-hybridized carbons (Fsp3) is 0. The summed E-state index contributed by atoms with van der Waals surface area (Å²) in [4.78, 5) is 9.46. The molecule has 51 heavy (non-hydrogen) atoms. The Morgan fingerprint density at radius 2 is 0.843 bits per heavy atom. The largest absolute Gasteiger partial charge is 0.455 e. The predicted molar refractivity (Wildman–Crippen MR) is 206 cm³/mol. The minimum Gasteiger partial charge on any atom is -0.455 e. The monoisotopic (exact) mass is 654 g/mol. The van der Waals surface area contributed by atoms with E-state index in [1.165, 1.54) is 0 Å². The van der Waals surface area contributed by atoms with Gasteiger partial charge in [0.15, 0.2) is 5.58 Å². The van der Waals surface area contributed by atoms with E-state index in [1.54, 1.807) is 6.33 Å². The molecular formula is C46H26N2O3. The summed E-state index contributed by atoms with van der Waals surface area (Å²) in [7, 11) is 0. The van der Waals surface area contributed by atoms with Crippen molar-refractivity contribution in [3.8, 4) is 44.6 Å². The molecule has 11 aromatic rings. The highest BCUT2D eigenvalue weighted by atomic mass is 16.3. The first kappa shape index (κ1) is 27.9. The zero-order valence-corrected chi connectivity index (χ0v) is 27.1. The molecule has 0 radical (unpaired) electrons. The Hall–Kier alpha value is -6.98. The minimum absolute atomic E-state index is 0.661. The second kappa shape index (κ2) is 10.8. The zero-order chi connectivity index (χ0) is 33.5. The number of hydrogen-bond acceptors (Lipinski definition) is 5. The van der Waals surface area contributed by atoms with Gasteiger partial charge >= 0.3 is 0 Å². The molecule has 5 nitrogen and oxygen atoms in total. The van der Waals surface area contributed by atoms with E-state index in [9.17, 15) is 0 Å². The predicted octanol–water partition coefficient (Wildman–Crippen LogP) is 12.8. The molecule has 5 heteroatoms. The summed E-state index contributed by atoms with van der Waals surface area (Å²) in [6, 6.07) is 52.3. The average Bonchev–Trinajstić information content (AvgIpc) is 3.89. The maximum atomic E-state index is 6.50. The van der Waals surface area contributed by atoms with Crippen LogP contribution in [0.15, 0.2) is 171 Å². The number of aromatic nitrogens is 2. The Bertz CT molecular complexity index is 3160. The lowest BCUT2D eigenvalue weighted by atomic mass is 9.97. The Morgan fingerprint density at radius 3 is 1.53 bits per heavy atom. The van der Waals surface area contributed by atoms with Crippen LogP contribution < -0.4 is 0 Å². The van der Waals surface area contributed by atoms with Crippen molar-refractivity contribution in [3.63, 3.8) is 0 Å². The van der Waals surface area contributed by atoms with Gasteiger partial charge in [-0.15, -0.1) is 0 Å². The summed E-state index contributed by atoms with van der Waals surface area (Å²) in [5, 5.41) is 5.40. The number of hydrogen-bond donors (Lipinski definition) is 0. The van der Waals surface area contributed by atoms with Gasteiger partial charge in [-0.1, -0.05) is 115 Å². The van der Waals surface area contributed by atoms with Crippen LogP contribution in [0.4, 0.5) is 0 Å². The van der Waals surface area contributed by atoms with Gasteiger partial charge in [0.25, 0.3) is 0 Å². The van der Waals surface area contributed by atoms with Crippen LogP contribution in [0.25, 0.3) is 111 Å². The number of fused-ring (bicyclic) bond motifs is 9. The first-order valence-corrected chi connectivity index (χ1v) is 17.0. The van der Waals surface area contributed by atoms with Crippen LogP contribution in [0.3, 0.4) is 0 Å². The maximum absolute atomic E-state index is 6.50. The Balaban J connectivity index is 1.00. The van der Waals surface area contributed by atoms with E-state index in [-0.39, 0.29) is 0 Å². The fourth-order valence-corrected chi connectivity index (χ4v) is 7.61. The molecule has 0 saturated carbocycles. The van der Waals surface area contributed by atoms with Crippen LogP contribution in [0.5, 0.6) is 0 Å². The molecule has 0 bridgehead atoms. The lowest BCUT2D eigenvalue weighted by Gasteiger charge is -2.07. The third-order valence-electron chi connectivity index (χ3n) is 10.0. The van der Waals surface area contributed by atoms with Crippen molar-refractivity contribution in [2.75, 3.05) is 0 Å². The molecule has 4 heterocycles. The molecule has 11 rings (SSSR count). The standard InChI is InChI=1S/C46H26N2O3/c1-3-19-39-34(13-1)36-17-7-15-32(44(36)49-39)29-10-5-9-27(23-29)28-21-22-41-38(25-28)43-46(51-41)42(47-26-48-43)31-12-6-11-30(24-31)33-16-8-18-37-35-14-2-4-20-40(35)50-45(33)37/h1-26H. The van der Waals surface area contributed by atoms with Crippen molar-refractivity contribution in [2.24, 2.45) is 0 Å². The Morgan fingerprint density at radius 1 is 0.333 bits per heavy atom. The number of rotatable bonds is 4. The van der Waals surface area contributed by atoms with Gasteiger partial charge in [-0.3, -0.25) is 0 Å². The van der Waals surface area contributed by atoms with Gasteiger partial charge < -0.3 is 13.3 Å². The second-order valence-electron chi connectivity index (χ2n) is 12.9. The molecular weight excluding hydrogens is 629 g/mol. The number of para-hydroxylation sites is 4. The number of nitrogens with zero attached hydrogens (tertiary/aromatic N) is 2. The average molecular weight is 655 g/mol. The molecule has 0 fully saturated rings. The van der Waals surface area contributed by atoms with Crippen molar-refractivity contribution in [1.29, 1.82) is 0 Å². The van der Waals surface area contributed by atoms with Gasteiger partial charge in [-0.25, -0.2) is 9.97 Å². The minimum atomic E-state index is 0.661. The number of benzene rings is 7. The molecule has 0 amide bonds. The highest BCUT2D eigenvalue weighted by Gasteiger charge is 2.18. The highest BCUT2D eigenvalue weighted by Crippen LogP contribution is 2.41. The molecule has 238 valence electrons. The van der Waals surface area contributed by atoms with E-state index in [1.807, 2.05) is 36.4 Å². The van der Waals surface area contributed by atoms with Crippen molar-refractivity contribution in [2.45, 2.75) is 0 Å². The zero-order valence-electron chi connectivity index (χ0n) is 27.1. The van der Waals surface area contributed by atoms with Gasteiger partial charge in [0.05, 0.1) is 0 Å². The molecule has 0 unspecified atom stereocenters. The van der Waals surface area contributed by atoms with E-state index < -0.39 is 0 Å². The van der Waals surface area contributed by atoms with Crippen LogP contribution in [0.2, 0.25) is 0 Å². The fourth-order valence-electron chi connectivity index (χ4n) is 7.61. The Kier molecular flexibility index (Phi) is 5.89. The van der Waals surface area contributed by atoms with Crippen molar-refractivity contribution >= 4 is 65.9 Å². The molecule has 7 aromatic carbocycles. The van der Waals surface area contributed by atoms with E-state index in [0.717, 1.165) is 105 Å². The third-order valence-corrected chi connectivity index (χ3v) is 10.0. The van der Waals surface area contributed by atoms with Crippen LogP contribution in [-0.2, 0) is 0 Å². The molecule has 0 aliphatic rings. The normalized spacial score (nSPS) is 11.9. The molecule has 0 spiro atoms. The number of furan rings is 3. The summed E-state index contributed by atoms with van der Waals surface area (Å²) in [5.41, 5.74) is 13.9. The van der Waals surface area contributed by atoms with Gasteiger partial charge in [-0.05, 0) is 58.7 Å². The second-order valence-corrected chi connectivity index (χ2v) is 12.9. The SMILES string of the molecule is c1cc(-c2ccc3oc4c(-c5cccc(-c6cccc7c6oc6ccccc67)c5)ncnc4c3c2)cc(-c2cccc3c2oc2ccccc23)c1. The van der Waals surface area contributed by atoms with Crippen molar-refractivity contribution < 1.29 is 13.3 Å². The topological polar surface area (TPSA) is 65.2 Å². The summed E-state index contributed by atoms with van der Waals surface area (Å²) in [6.45, 7) is 0. The first-order chi connectivity index (χ1) is 25.3. The van der Waals surface area contributed by atoms with E-state index in [2.05, 4.69) is 115 Å². The van der Waals surface area contributed by atoms with E-state index in [0.29, 0.717) is 5.58 Å². The summed E-state index contributed by atoms with van der Waals surface area (Å²) >= 11 is 0. The quantitative estimate of drug-likeness (QED) is 0.189. The maximum Gasteiger partial charge on any atom is 0.180 e. The molecule has 0 N–H and O–H groups in total. The van der Waals surface area contributed by atoms with Crippen LogP contribution in [-0.4, -0.2) is 9.97 Å². The van der Waals surface area contributed by atoms with Crippen LogP contribution in [0.1, 0.15) is 0 Å². The lowest BCUT2D eigenvalue weighted by molar-refractivity contribution is 0.667. The van der Waals surface area contributed by atoms with Crippen LogP contribution in [0, 0.1) is 0 Å². The van der Waals surface area contributed by atoms with Crippen molar-refractivity contribution in [1.82, 2.24) is 9.97 Å². The van der Waals surface area contributed by atoms with Gasteiger partial charge in [0.1, 0.15) is 45.5 Å². The smallest absolute Gasteiger partial charge is 0.180 e. The Labute approximate surface area is 291 Å².